The topological polar surface area (TPSA) is 72.9 Å². The first-order valence-corrected chi connectivity index (χ1v) is 6.98. The molecule has 2 N–H and O–H groups in total. The second-order valence-corrected chi connectivity index (χ2v) is 5.54. The lowest BCUT2D eigenvalue weighted by Gasteiger charge is -2.37. The molecule has 1 unspecified atom stereocenters. The number of rotatable bonds is 2. The van der Waals surface area contributed by atoms with Crippen LogP contribution >= 0.6 is 0 Å². The maximum absolute atomic E-state index is 12.3. The van der Waals surface area contributed by atoms with Gasteiger partial charge in [-0.1, -0.05) is 0 Å². The van der Waals surface area contributed by atoms with Crippen LogP contribution in [0.4, 0.5) is 10.5 Å². The number of aryl methyl sites for hydroxylation is 1. The molecule has 1 saturated heterocycles. The van der Waals surface area contributed by atoms with Gasteiger partial charge in [-0.2, -0.15) is 0 Å². The molecule has 6 nitrogen and oxygen atoms in total. The molecule has 1 aromatic carbocycles. The first-order chi connectivity index (χ1) is 9.88. The average Bonchev–Trinajstić information content (AvgIpc) is 2.43. The van der Waals surface area contributed by atoms with Crippen LogP contribution in [0, 0.1) is 6.92 Å². The number of anilines is 1. The number of hydrogen-bond acceptors (Lipinski definition) is 3. The number of carboxylic acids is 1. The van der Waals surface area contributed by atoms with E-state index in [4.69, 9.17) is 5.11 Å². The van der Waals surface area contributed by atoms with Crippen LogP contribution < -0.4 is 5.32 Å². The third-order valence-electron chi connectivity index (χ3n) is 3.96. The third kappa shape index (κ3) is 3.52. The van der Waals surface area contributed by atoms with Crippen molar-refractivity contribution in [1.29, 1.82) is 0 Å². The summed E-state index contributed by atoms with van der Waals surface area (Å²) in [5.74, 6) is -0.969. The van der Waals surface area contributed by atoms with Crippen molar-refractivity contribution in [3.8, 4) is 0 Å². The molecule has 6 heteroatoms. The van der Waals surface area contributed by atoms with Crippen molar-refractivity contribution < 1.29 is 14.7 Å². The lowest BCUT2D eigenvalue weighted by Crippen LogP contribution is -2.53. The van der Waals surface area contributed by atoms with Gasteiger partial charge in [-0.3, -0.25) is 0 Å². The van der Waals surface area contributed by atoms with Crippen molar-refractivity contribution in [2.24, 2.45) is 0 Å². The lowest BCUT2D eigenvalue weighted by molar-refractivity contribution is 0.0697. The van der Waals surface area contributed by atoms with Gasteiger partial charge in [-0.25, -0.2) is 9.59 Å². The van der Waals surface area contributed by atoms with E-state index in [-0.39, 0.29) is 11.6 Å². The van der Waals surface area contributed by atoms with Gasteiger partial charge in [0, 0.05) is 31.4 Å². The SMILES string of the molecule is Cc1cc(C(=O)O)ccc1NC(=O)N1CCN(C)C(C)C1. The van der Waals surface area contributed by atoms with Gasteiger partial charge in [-0.05, 0) is 44.7 Å². The molecule has 1 aliphatic rings. The summed E-state index contributed by atoms with van der Waals surface area (Å²) in [4.78, 5) is 27.2. The first kappa shape index (κ1) is 15.3. The van der Waals surface area contributed by atoms with E-state index >= 15 is 0 Å². The van der Waals surface area contributed by atoms with E-state index in [0.717, 1.165) is 12.1 Å². The number of piperazine rings is 1. The Balaban J connectivity index is 2.04. The van der Waals surface area contributed by atoms with Crippen LogP contribution in [0.3, 0.4) is 0 Å². The van der Waals surface area contributed by atoms with Crippen molar-refractivity contribution in [2.75, 3.05) is 32.0 Å². The van der Waals surface area contributed by atoms with Crippen molar-refractivity contribution in [3.63, 3.8) is 0 Å². The largest absolute Gasteiger partial charge is 0.478 e. The Labute approximate surface area is 124 Å². The smallest absolute Gasteiger partial charge is 0.335 e. The zero-order valence-electron chi connectivity index (χ0n) is 12.6. The fourth-order valence-corrected chi connectivity index (χ4v) is 2.36. The Morgan fingerprint density at radius 2 is 2.05 bits per heavy atom. The van der Waals surface area contributed by atoms with Crippen molar-refractivity contribution in [3.05, 3.63) is 29.3 Å². The van der Waals surface area contributed by atoms with Gasteiger partial charge in [0.15, 0.2) is 0 Å². The molecular formula is C15H21N3O3. The highest BCUT2D eigenvalue weighted by atomic mass is 16.4. The van der Waals surface area contributed by atoms with Gasteiger partial charge < -0.3 is 20.2 Å². The van der Waals surface area contributed by atoms with E-state index < -0.39 is 5.97 Å². The van der Waals surface area contributed by atoms with Crippen LogP contribution in [0.5, 0.6) is 0 Å². The molecule has 0 saturated carbocycles. The maximum atomic E-state index is 12.3. The van der Waals surface area contributed by atoms with Gasteiger partial charge in [0.1, 0.15) is 0 Å². The van der Waals surface area contributed by atoms with E-state index in [0.29, 0.717) is 24.8 Å². The predicted octanol–water partition coefficient (Wildman–Crippen LogP) is 1.86. The number of carbonyl (C=O) groups is 2. The summed E-state index contributed by atoms with van der Waals surface area (Å²) >= 11 is 0. The predicted molar refractivity (Wildman–Crippen MR) is 80.8 cm³/mol. The molecule has 2 amide bonds. The Kier molecular flexibility index (Phi) is 4.47. The molecule has 0 spiro atoms. The summed E-state index contributed by atoms with van der Waals surface area (Å²) in [6.45, 7) is 6.11. The molecule has 1 heterocycles. The number of urea groups is 1. The molecular weight excluding hydrogens is 270 g/mol. The summed E-state index contributed by atoms with van der Waals surface area (Å²) in [5, 5.41) is 11.8. The van der Waals surface area contributed by atoms with Crippen LogP contribution in [-0.4, -0.2) is 59.6 Å². The lowest BCUT2D eigenvalue weighted by atomic mass is 10.1. The highest BCUT2D eigenvalue weighted by Gasteiger charge is 2.24. The maximum Gasteiger partial charge on any atom is 0.335 e. The Hall–Kier alpha value is -2.08. The van der Waals surface area contributed by atoms with E-state index in [1.165, 1.54) is 6.07 Å². The molecule has 1 fully saturated rings. The van der Waals surface area contributed by atoms with Gasteiger partial charge >= 0.3 is 12.0 Å². The molecule has 2 rings (SSSR count). The minimum Gasteiger partial charge on any atom is -0.478 e. The fraction of sp³-hybridized carbons (Fsp3) is 0.467. The summed E-state index contributed by atoms with van der Waals surface area (Å²) in [6.07, 6.45) is 0. The summed E-state index contributed by atoms with van der Waals surface area (Å²) < 4.78 is 0. The van der Waals surface area contributed by atoms with Crippen LogP contribution in [0.15, 0.2) is 18.2 Å². The molecule has 1 aromatic rings. The number of nitrogens with one attached hydrogen (secondary N) is 1. The number of benzene rings is 1. The first-order valence-electron chi connectivity index (χ1n) is 6.98. The van der Waals surface area contributed by atoms with E-state index in [2.05, 4.69) is 24.2 Å². The summed E-state index contributed by atoms with van der Waals surface area (Å²) in [5.41, 5.74) is 1.61. The molecule has 0 bridgehead atoms. The minimum atomic E-state index is -0.969. The Morgan fingerprint density at radius 3 is 2.62 bits per heavy atom. The summed E-state index contributed by atoms with van der Waals surface area (Å²) in [6, 6.07) is 4.89. The highest BCUT2D eigenvalue weighted by molar-refractivity contribution is 5.92. The average molecular weight is 291 g/mol. The number of nitrogens with zero attached hydrogens (tertiary/aromatic N) is 2. The van der Waals surface area contributed by atoms with Gasteiger partial charge in [0.2, 0.25) is 0 Å². The van der Waals surface area contributed by atoms with Crippen LogP contribution in [0.25, 0.3) is 0 Å². The molecule has 114 valence electrons. The second kappa shape index (κ2) is 6.13. The van der Waals surface area contributed by atoms with Gasteiger partial charge in [0.25, 0.3) is 0 Å². The van der Waals surface area contributed by atoms with E-state index in [1.807, 2.05) is 0 Å². The Morgan fingerprint density at radius 1 is 1.33 bits per heavy atom. The molecule has 0 aromatic heterocycles. The number of aromatic carboxylic acids is 1. The van der Waals surface area contributed by atoms with Gasteiger partial charge in [0.05, 0.1) is 5.56 Å². The number of likely N-dealkylation sites (N-methyl/N-ethyl adjacent to an activating group) is 1. The number of hydrogen-bond donors (Lipinski definition) is 2. The number of amides is 2. The van der Waals surface area contributed by atoms with Gasteiger partial charge in [-0.15, -0.1) is 0 Å². The van der Waals surface area contributed by atoms with Crippen LogP contribution in [0.2, 0.25) is 0 Å². The summed E-state index contributed by atoms with van der Waals surface area (Å²) in [7, 11) is 2.05. The monoisotopic (exact) mass is 291 g/mol. The molecule has 0 radical (unpaired) electrons. The van der Waals surface area contributed by atoms with Crippen molar-refractivity contribution in [2.45, 2.75) is 19.9 Å². The fourth-order valence-electron chi connectivity index (χ4n) is 2.36. The molecule has 0 aliphatic carbocycles. The molecule has 1 aliphatic heterocycles. The highest BCUT2D eigenvalue weighted by Crippen LogP contribution is 2.18. The van der Waals surface area contributed by atoms with E-state index in [1.54, 1.807) is 24.0 Å². The molecule has 1 atom stereocenters. The standard InChI is InChI=1S/C15H21N3O3/c1-10-8-12(14(19)20)4-5-13(10)16-15(21)18-7-6-17(3)11(2)9-18/h4-5,8,11H,6-7,9H2,1-3H3,(H,16,21)(H,19,20). The Bertz CT molecular complexity index is 559. The van der Waals surface area contributed by atoms with E-state index in [9.17, 15) is 9.59 Å². The third-order valence-corrected chi connectivity index (χ3v) is 3.96. The van der Waals surface area contributed by atoms with Crippen molar-refractivity contribution in [1.82, 2.24) is 9.80 Å². The molecule has 21 heavy (non-hydrogen) atoms. The van der Waals surface area contributed by atoms with Crippen LogP contribution in [0.1, 0.15) is 22.8 Å². The van der Waals surface area contributed by atoms with Crippen molar-refractivity contribution >= 4 is 17.7 Å². The number of carbonyl (C=O) groups excluding carboxylic acids is 1. The second-order valence-electron chi connectivity index (χ2n) is 5.54. The normalized spacial score (nSPS) is 19.4. The number of carboxylic acid groups (broad SMARTS) is 1. The zero-order valence-corrected chi connectivity index (χ0v) is 12.6. The quantitative estimate of drug-likeness (QED) is 0.872. The zero-order chi connectivity index (χ0) is 15.6. The minimum absolute atomic E-state index is 0.138. The van der Waals surface area contributed by atoms with Crippen LogP contribution in [-0.2, 0) is 0 Å².